The predicted octanol–water partition coefficient (Wildman–Crippen LogP) is 5.56. The maximum atomic E-state index is 13.2. The lowest BCUT2D eigenvalue weighted by Gasteiger charge is -2.25. The van der Waals surface area contributed by atoms with Crippen molar-refractivity contribution in [2.24, 2.45) is 0 Å². The van der Waals surface area contributed by atoms with Crippen LogP contribution < -0.4 is 4.74 Å². The fraction of sp³-hybridized carbons (Fsp3) is 0.375. The third-order valence-electron chi connectivity index (χ3n) is 5.24. The molecule has 0 saturated heterocycles. The van der Waals surface area contributed by atoms with Crippen molar-refractivity contribution < 1.29 is 13.2 Å². The molecule has 0 radical (unpaired) electrons. The van der Waals surface area contributed by atoms with Crippen molar-refractivity contribution >= 4 is 21.4 Å². The molecule has 0 bridgehead atoms. The number of sulfonamides is 1. The van der Waals surface area contributed by atoms with Gasteiger partial charge in [0.2, 0.25) is 10.0 Å². The fourth-order valence-corrected chi connectivity index (χ4v) is 5.63. The summed E-state index contributed by atoms with van der Waals surface area (Å²) in [6.07, 6.45) is 0. The van der Waals surface area contributed by atoms with Crippen LogP contribution in [0, 0.1) is 27.7 Å². The highest BCUT2D eigenvalue weighted by molar-refractivity contribution is 7.89. The second kappa shape index (κ2) is 9.51. The van der Waals surface area contributed by atoms with E-state index in [0.29, 0.717) is 11.5 Å². The second-order valence-corrected chi connectivity index (χ2v) is 11.0. The molecule has 3 rings (SSSR count). The number of rotatable bonds is 8. The van der Waals surface area contributed by atoms with E-state index in [1.54, 1.807) is 12.1 Å². The molecule has 0 aliphatic carbocycles. The second-order valence-electron chi connectivity index (χ2n) is 8.18. The first kappa shape index (κ1) is 23.4. The molecule has 0 amide bonds. The van der Waals surface area contributed by atoms with Crippen molar-refractivity contribution in [3.05, 3.63) is 74.7 Å². The van der Waals surface area contributed by atoms with Gasteiger partial charge in [0.15, 0.2) is 0 Å². The monoisotopic (exact) mass is 458 g/mol. The van der Waals surface area contributed by atoms with Gasteiger partial charge in [0.25, 0.3) is 0 Å². The molecule has 0 aliphatic rings. The van der Waals surface area contributed by atoms with Gasteiger partial charge in [-0.2, -0.15) is 4.31 Å². The van der Waals surface area contributed by atoms with E-state index in [1.807, 2.05) is 51.3 Å². The molecular formula is C24H30N2O3S2. The minimum Gasteiger partial charge on any atom is -0.486 e. The van der Waals surface area contributed by atoms with Crippen LogP contribution in [0.2, 0.25) is 0 Å². The first-order chi connectivity index (χ1) is 14.6. The lowest BCUT2D eigenvalue weighted by molar-refractivity contribution is 0.301. The van der Waals surface area contributed by atoms with Crippen molar-refractivity contribution in [3.8, 4) is 5.75 Å². The Morgan fingerprint density at radius 1 is 1.03 bits per heavy atom. The van der Waals surface area contributed by atoms with Crippen LogP contribution in [0.25, 0.3) is 0 Å². The third kappa shape index (κ3) is 5.53. The number of nitrogens with zero attached hydrogens (tertiary/aromatic N) is 2. The molecule has 1 aromatic heterocycles. The minimum atomic E-state index is -3.61. The molecule has 0 aliphatic heterocycles. The Morgan fingerprint density at radius 2 is 1.71 bits per heavy atom. The van der Waals surface area contributed by atoms with Crippen molar-refractivity contribution in [1.82, 2.24) is 9.29 Å². The van der Waals surface area contributed by atoms with Gasteiger partial charge in [-0.15, -0.1) is 11.3 Å². The first-order valence-electron chi connectivity index (χ1n) is 10.3. The van der Waals surface area contributed by atoms with E-state index in [1.165, 1.54) is 21.2 Å². The predicted molar refractivity (Wildman–Crippen MR) is 126 cm³/mol. The minimum absolute atomic E-state index is 0.189. The number of hydrogen-bond donors (Lipinski definition) is 0. The standard InChI is InChI=1S/C24H30N2O3S2/c1-16(2)26(31(27,28)22-9-7-17(3)8-10-22)13-21-15-30-24(25-21)14-29-23-12-18(4)11-19(5)20(23)6/h7-12,15-16H,13-14H2,1-6H3. The summed E-state index contributed by atoms with van der Waals surface area (Å²) in [5, 5.41) is 2.73. The van der Waals surface area contributed by atoms with Crippen molar-refractivity contribution in [2.45, 2.75) is 65.6 Å². The number of aryl methyl sites for hydroxylation is 3. The smallest absolute Gasteiger partial charge is 0.243 e. The highest BCUT2D eigenvalue weighted by atomic mass is 32.2. The van der Waals surface area contributed by atoms with Gasteiger partial charge in [0.05, 0.1) is 17.1 Å². The van der Waals surface area contributed by atoms with Gasteiger partial charge in [-0.25, -0.2) is 13.4 Å². The zero-order valence-corrected chi connectivity index (χ0v) is 20.6. The Labute approximate surface area is 189 Å². The van der Waals surface area contributed by atoms with E-state index < -0.39 is 10.0 Å². The molecule has 7 heteroatoms. The molecule has 0 atom stereocenters. The van der Waals surface area contributed by atoms with Gasteiger partial charge < -0.3 is 4.74 Å². The number of aromatic nitrogens is 1. The Hall–Kier alpha value is -2.22. The Bertz CT molecular complexity index is 1150. The van der Waals surface area contributed by atoms with Gasteiger partial charge in [-0.05, 0) is 76.4 Å². The van der Waals surface area contributed by atoms with Crippen molar-refractivity contribution in [1.29, 1.82) is 0 Å². The molecule has 0 unspecified atom stereocenters. The van der Waals surface area contributed by atoms with Crippen LogP contribution in [0.1, 0.15) is 46.8 Å². The topological polar surface area (TPSA) is 59.5 Å². The van der Waals surface area contributed by atoms with E-state index in [9.17, 15) is 8.42 Å². The first-order valence-corrected chi connectivity index (χ1v) is 12.6. The molecule has 0 spiro atoms. The molecular weight excluding hydrogens is 428 g/mol. The van der Waals surface area contributed by atoms with Gasteiger partial charge in [0, 0.05) is 11.4 Å². The third-order valence-corrected chi connectivity index (χ3v) is 8.14. The Kier molecular flexibility index (Phi) is 7.19. The van der Waals surface area contributed by atoms with Crippen molar-refractivity contribution in [2.75, 3.05) is 0 Å². The number of benzene rings is 2. The van der Waals surface area contributed by atoms with Crippen LogP contribution in [0.15, 0.2) is 46.7 Å². The normalized spacial score (nSPS) is 12.0. The van der Waals surface area contributed by atoms with E-state index >= 15 is 0 Å². The molecule has 3 aromatic rings. The average Bonchev–Trinajstić information content (AvgIpc) is 3.15. The van der Waals surface area contributed by atoms with E-state index in [0.717, 1.165) is 33.1 Å². The fourth-order valence-electron chi connectivity index (χ4n) is 3.33. The van der Waals surface area contributed by atoms with Crippen LogP contribution in [-0.4, -0.2) is 23.7 Å². The Balaban J connectivity index is 1.74. The number of ether oxygens (including phenoxy) is 1. The van der Waals surface area contributed by atoms with Crippen LogP contribution in [0.5, 0.6) is 5.75 Å². The molecule has 1 heterocycles. The van der Waals surface area contributed by atoms with Gasteiger partial charge in [0.1, 0.15) is 17.4 Å². The van der Waals surface area contributed by atoms with E-state index in [2.05, 4.69) is 24.9 Å². The molecule has 2 aromatic carbocycles. The lowest BCUT2D eigenvalue weighted by atomic mass is 10.1. The molecule has 5 nitrogen and oxygen atoms in total. The van der Waals surface area contributed by atoms with Crippen LogP contribution in [0.3, 0.4) is 0 Å². The lowest BCUT2D eigenvalue weighted by Crippen LogP contribution is -2.36. The van der Waals surface area contributed by atoms with Gasteiger partial charge in [-0.3, -0.25) is 0 Å². The molecule has 0 fully saturated rings. The number of thiazole rings is 1. The van der Waals surface area contributed by atoms with E-state index in [-0.39, 0.29) is 12.6 Å². The summed E-state index contributed by atoms with van der Waals surface area (Å²) in [6, 6.07) is 10.9. The van der Waals surface area contributed by atoms with Crippen molar-refractivity contribution in [3.63, 3.8) is 0 Å². The SMILES string of the molecule is Cc1ccc(S(=O)(=O)N(Cc2csc(COc3cc(C)cc(C)c3C)n2)C(C)C)cc1. The molecule has 31 heavy (non-hydrogen) atoms. The van der Waals surface area contributed by atoms with Crippen LogP contribution in [0.4, 0.5) is 0 Å². The van der Waals surface area contributed by atoms with Crippen LogP contribution >= 0.6 is 11.3 Å². The molecule has 0 N–H and O–H groups in total. The summed E-state index contributed by atoms with van der Waals surface area (Å²) in [7, 11) is -3.61. The average molecular weight is 459 g/mol. The summed E-state index contributed by atoms with van der Waals surface area (Å²) in [5.74, 6) is 0.861. The molecule has 166 valence electrons. The highest BCUT2D eigenvalue weighted by Gasteiger charge is 2.28. The van der Waals surface area contributed by atoms with Gasteiger partial charge in [-0.1, -0.05) is 23.8 Å². The Morgan fingerprint density at radius 3 is 2.35 bits per heavy atom. The largest absolute Gasteiger partial charge is 0.486 e. The summed E-state index contributed by atoms with van der Waals surface area (Å²) < 4.78 is 33.9. The quantitative estimate of drug-likeness (QED) is 0.444. The maximum Gasteiger partial charge on any atom is 0.243 e. The zero-order valence-electron chi connectivity index (χ0n) is 19.0. The maximum absolute atomic E-state index is 13.2. The van der Waals surface area contributed by atoms with Gasteiger partial charge >= 0.3 is 0 Å². The highest BCUT2D eigenvalue weighted by Crippen LogP contribution is 2.26. The summed E-state index contributed by atoms with van der Waals surface area (Å²) >= 11 is 1.49. The summed E-state index contributed by atoms with van der Waals surface area (Å²) in [4.78, 5) is 4.93. The summed E-state index contributed by atoms with van der Waals surface area (Å²) in [6.45, 7) is 12.5. The van der Waals surface area contributed by atoms with E-state index in [4.69, 9.17) is 4.74 Å². The summed E-state index contributed by atoms with van der Waals surface area (Å²) in [5.41, 5.74) is 5.23. The zero-order chi connectivity index (χ0) is 22.8. The number of hydrogen-bond acceptors (Lipinski definition) is 5. The molecule has 0 saturated carbocycles. The van der Waals surface area contributed by atoms with Crippen LogP contribution in [-0.2, 0) is 23.2 Å².